The molecule has 1 fully saturated rings. The molecule has 0 spiro atoms. The molecule has 5 nitrogen and oxygen atoms in total. The van der Waals surface area contributed by atoms with Crippen molar-refractivity contribution >= 4 is 11.9 Å². The van der Waals surface area contributed by atoms with Crippen LogP contribution in [0.5, 0.6) is 5.75 Å². The number of benzene rings is 1. The first-order valence-corrected chi connectivity index (χ1v) is 7.36. The summed E-state index contributed by atoms with van der Waals surface area (Å²) in [5.74, 6) is -0.659. The van der Waals surface area contributed by atoms with E-state index in [1.54, 1.807) is 24.3 Å². The van der Waals surface area contributed by atoms with Gasteiger partial charge in [-0.3, -0.25) is 4.79 Å². The van der Waals surface area contributed by atoms with E-state index in [-0.39, 0.29) is 11.9 Å². The maximum absolute atomic E-state index is 12.1. The van der Waals surface area contributed by atoms with E-state index in [1.807, 2.05) is 0 Å². The first kappa shape index (κ1) is 15.4. The Labute approximate surface area is 124 Å². The zero-order valence-electron chi connectivity index (χ0n) is 12.2. The summed E-state index contributed by atoms with van der Waals surface area (Å²) in [4.78, 5) is 22.8. The summed E-state index contributed by atoms with van der Waals surface area (Å²) >= 11 is 0. The van der Waals surface area contributed by atoms with Crippen LogP contribution in [0.1, 0.15) is 49.4 Å². The summed E-state index contributed by atoms with van der Waals surface area (Å²) in [5, 5.41) is 11.8. The van der Waals surface area contributed by atoms with Gasteiger partial charge in [0, 0.05) is 11.6 Å². The smallest absolute Gasteiger partial charge is 0.344 e. The number of carboxylic acid groups (broad SMARTS) is 1. The Morgan fingerprint density at radius 1 is 1.19 bits per heavy atom. The first-order chi connectivity index (χ1) is 10.1. The number of hydrogen-bond donors (Lipinski definition) is 2. The third-order valence-electron chi connectivity index (χ3n) is 3.72. The fraction of sp³-hybridized carbons (Fsp3) is 0.500. The first-order valence-electron chi connectivity index (χ1n) is 7.36. The second-order valence-corrected chi connectivity index (χ2v) is 5.43. The molecule has 0 aromatic heterocycles. The lowest BCUT2D eigenvalue weighted by Gasteiger charge is -2.22. The van der Waals surface area contributed by atoms with E-state index >= 15 is 0 Å². The highest BCUT2D eigenvalue weighted by Crippen LogP contribution is 2.18. The molecule has 21 heavy (non-hydrogen) atoms. The highest BCUT2D eigenvalue weighted by atomic mass is 16.5. The standard InChI is InChI=1S/C16H21NO4/c1-11(16(19)20)21-14-9-7-12(8-10-14)15(18)17-13-5-3-2-4-6-13/h7-11,13H,2-6H2,1H3,(H,17,18)(H,19,20)/t11-/m1/s1. The Morgan fingerprint density at radius 2 is 1.81 bits per heavy atom. The molecule has 0 radical (unpaired) electrons. The lowest BCUT2D eigenvalue weighted by atomic mass is 9.95. The van der Waals surface area contributed by atoms with Crippen molar-refractivity contribution < 1.29 is 19.4 Å². The van der Waals surface area contributed by atoms with Crippen LogP contribution in [0.4, 0.5) is 0 Å². The van der Waals surface area contributed by atoms with Crippen molar-refractivity contribution in [3.05, 3.63) is 29.8 Å². The number of hydrogen-bond acceptors (Lipinski definition) is 3. The fourth-order valence-electron chi connectivity index (χ4n) is 2.46. The number of aliphatic carboxylic acids is 1. The number of nitrogens with one attached hydrogen (secondary N) is 1. The van der Waals surface area contributed by atoms with Crippen LogP contribution >= 0.6 is 0 Å². The molecule has 0 aliphatic heterocycles. The van der Waals surface area contributed by atoms with Crippen LogP contribution in [0.15, 0.2) is 24.3 Å². The normalized spacial score (nSPS) is 17.0. The van der Waals surface area contributed by atoms with Crippen LogP contribution in [0.25, 0.3) is 0 Å². The highest BCUT2D eigenvalue weighted by molar-refractivity contribution is 5.94. The minimum Gasteiger partial charge on any atom is -0.479 e. The van der Waals surface area contributed by atoms with E-state index in [0.29, 0.717) is 11.3 Å². The quantitative estimate of drug-likeness (QED) is 0.874. The van der Waals surface area contributed by atoms with Gasteiger partial charge in [0.15, 0.2) is 6.10 Å². The molecule has 1 aromatic carbocycles. The van der Waals surface area contributed by atoms with Crippen LogP contribution in [-0.2, 0) is 4.79 Å². The zero-order valence-corrected chi connectivity index (χ0v) is 12.2. The molecule has 1 aliphatic carbocycles. The second kappa shape index (κ2) is 7.11. The van der Waals surface area contributed by atoms with E-state index in [9.17, 15) is 9.59 Å². The lowest BCUT2D eigenvalue weighted by molar-refractivity contribution is -0.144. The minimum atomic E-state index is -1.02. The summed E-state index contributed by atoms with van der Waals surface area (Å²) < 4.78 is 5.23. The molecule has 2 rings (SSSR count). The van der Waals surface area contributed by atoms with Crippen molar-refractivity contribution in [2.75, 3.05) is 0 Å². The second-order valence-electron chi connectivity index (χ2n) is 5.43. The number of carbonyl (C=O) groups is 2. The molecule has 0 unspecified atom stereocenters. The van der Waals surface area contributed by atoms with Crippen molar-refractivity contribution in [2.24, 2.45) is 0 Å². The van der Waals surface area contributed by atoms with Crippen molar-refractivity contribution in [1.29, 1.82) is 0 Å². The highest BCUT2D eigenvalue weighted by Gasteiger charge is 2.17. The molecule has 1 atom stereocenters. The largest absolute Gasteiger partial charge is 0.479 e. The summed E-state index contributed by atoms with van der Waals surface area (Å²) in [6, 6.07) is 6.82. The van der Waals surface area contributed by atoms with E-state index in [4.69, 9.17) is 9.84 Å². The number of carboxylic acids is 1. The summed E-state index contributed by atoms with van der Waals surface area (Å²) in [7, 11) is 0. The van der Waals surface area contributed by atoms with E-state index in [2.05, 4.69) is 5.32 Å². The maximum atomic E-state index is 12.1. The van der Waals surface area contributed by atoms with Crippen molar-refractivity contribution in [2.45, 2.75) is 51.2 Å². The van der Waals surface area contributed by atoms with Crippen LogP contribution in [0.3, 0.4) is 0 Å². The van der Waals surface area contributed by atoms with Crippen molar-refractivity contribution in [1.82, 2.24) is 5.32 Å². The summed E-state index contributed by atoms with van der Waals surface area (Å²) in [5.41, 5.74) is 0.566. The van der Waals surface area contributed by atoms with Crippen LogP contribution in [-0.4, -0.2) is 29.1 Å². The summed E-state index contributed by atoms with van der Waals surface area (Å²) in [6.07, 6.45) is 4.77. The average Bonchev–Trinajstić information content (AvgIpc) is 2.48. The van der Waals surface area contributed by atoms with Gasteiger partial charge in [0.1, 0.15) is 5.75 Å². The SMILES string of the molecule is C[C@@H](Oc1ccc(C(=O)NC2CCCCC2)cc1)C(=O)O. The molecule has 0 saturated heterocycles. The van der Waals surface area contributed by atoms with E-state index in [1.165, 1.54) is 26.2 Å². The van der Waals surface area contributed by atoms with E-state index < -0.39 is 12.1 Å². The monoisotopic (exact) mass is 291 g/mol. The minimum absolute atomic E-state index is 0.0836. The van der Waals surface area contributed by atoms with Crippen LogP contribution < -0.4 is 10.1 Å². The van der Waals surface area contributed by atoms with E-state index in [0.717, 1.165) is 12.8 Å². The Bertz CT molecular complexity index is 492. The van der Waals surface area contributed by atoms with Gasteiger partial charge in [-0.1, -0.05) is 19.3 Å². The Hall–Kier alpha value is -2.04. The van der Waals surface area contributed by atoms with Gasteiger partial charge < -0.3 is 15.2 Å². The predicted octanol–water partition coefficient (Wildman–Crippen LogP) is 2.60. The fourth-order valence-corrected chi connectivity index (χ4v) is 2.46. The van der Waals surface area contributed by atoms with Gasteiger partial charge in [0.25, 0.3) is 5.91 Å². The molecule has 1 saturated carbocycles. The Kier molecular flexibility index (Phi) is 5.20. The zero-order chi connectivity index (χ0) is 15.2. The van der Waals surface area contributed by atoms with Crippen LogP contribution in [0, 0.1) is 0 Å². The summed E-state index contributed by atoms with van der Waals surface area (Å²) in [6.45, 7) is 1.46. The molecule has 114 valence electrons. The van der Waals surface area contributed by atoms with Gasteiger partial charge in [-0.25, -0.2) is 4.79 Å². The Balaban J connectivity index is 1.91. The molecular formula is C16H21NO4. The number of ether oxygens (including phenoxy) is 1. The van der Waals surface area contributed by atoms with Gasteiger partial charge in [-0.2, -0.15) is 0 Å². The van der Waals surface area contributed by atoms with Crippen LogP contribution in [0.2, 0.25) is 0 Å². The lowest BCUT2D eigenvalue weighted by Crippen LogP contribution is -2.36. The van der Waals surface area contributed by atoms with Gasteiger partial charge in [-0.15, -0.1) is 0 Å². The molecule has 0 heterocycles. The predicted molar refractivity (Wildman–Crippen MR) is 78.5 cm³/mol. The van der Waals surface area contributed by atoms with Crippen molar-refractivity contribution in [3.63, 3.8) is 0 Å². The molecule has 1 aromatic rings. The average molecular weight is 291 g/mol. The van der Waals surface area contributed by atoms with Gasteiger partial charge >= 0.3 is 5.97 Å². The van der Waals surface area contributed by atoms with Crippen molar-refractivity contribution in [3.8, 4) is 5.75 Å². The third-order valence-corrected chi connectivity index (χ3v) is 3.72. The van der Waals surface area contributed by atoms with Gasteiger partial charge in [-0.05, 0) is 44.0 Å². The molecule has 1 aliphatic rings. The maximum Gasteiger partial charge on any atom is 0.344 e. The molecule has 1 amide bonds. The van der Waals surface area contributed by atoms with Gasteiger partial charge in [0.05, 0.1) is 0 Å². The molecule has 2 N–H and O–H groups in total. The third kappa shape index (κ3) is 4.48. The van der Waals surface area contributed by atoms with Gasteiger partial charge in [0.2, 0.25) is 0 Å². The molecule has 5 heteroatoms. The number of amides is 1. The molecular weight excluding hydrogens is 270 g/mol. The Morgan fingerprint density at radius 3 is 2.38 bits per heavy atom. The number of carbonyl (C=O) groups excluding carboxylic acids is 1. The topological polar surface area (TPSA) is 75.6 Å². The number of rotatable bonds is 5. The molecule has 0 bridgehead atoms.